The predicted molar refractivity (Wildman–Crippen MR) is 208 cm³/mol. The minimum Gasteiger partial charge on any atom is -0.389 e. The Hall–Kier alpha value is -4.45. The highest BCUT2D eigenvalue weighted by molar-refractivity contribution is 7.91. The van der Waals surface area contributed by atoms with E-state index >= 15 is 0 Å². The molecule has 1 fully saturated rings. The summed E-state index contributed by atoms with van der Waals surface area (Å²) in [5.74, 6) is 0. The minimum absolute atomic E-state index is 0.343. The Labute approximate surface area is 302 Å². The van der Waals surface area contributed by atoms with Crippen LogP contribution in [-0.4, -0.2) is 47.5 Å². The van der Waals surface area contributed by atoms with Crippen LogP contribution < -0.4 is 15.9 Å². The van der Waals surface area contributed by atoms with Crippen molar-refractivity contribution >= 4 is 23.4 Å². The van der Waals surface area contributed by atoms with Crippen molar-refractivity contribution in [2.45, 2.75) is 44.2 Å². The second kappa shape index (κ2) is 17.2. The van der Waals surface area contributed by atoms with E-state index in [0.29, 0.717) is 32.8 Å². The molecule has 0 amide bonds. The lowest BCUT2D eigenvalue weighted by atomic mass is 10.0. The SMILES string of the molecule is O[C@@H]1CN(Cc2ccccc2)C[C@@H](O[P+](c2ccccc2)(c2ccccc2)c2ccccc2)[C@@H](OCc2ccccc2)[C@@H]1OCc1ccccc1. The number of benzene rings is 6. The van der Waals surface area contributed by atoms with E-state index in [4.69, 9.17) is 14.0 Å². The molecule has 0 bridgehead atoms. The topological polar surface area (TPSA) is 51.2 Å². The quantitative estimate of drug-likeness (QED) is 0.128. The van der Waals surface area contributed by atoms with Gasteiger partial charge >= 0.3 is 0 Å². The van der Waals surface area contributed by atoms with Crippen molar-refractivity contribution < 1.29 is 19.1 Å². The number of likely N-dealkylation sites (tertiary alicyclic amines) is 1. The number of nitrogens with zero attached hydrogens (tertiary/aromatic N) is 1. The van der Waals surface area contributed by atoms with E-state index in [9.17, 15) is 5.11 Å². The second-order valence-electron chi connectivity index (χ2n) is 13.0. The lowest BCUT2D eigenvalue weighted by molar-refractivity contribution is -0.150. The highest BCUT2D eigenvalue weighted by Crippen LogP contribution is 2.58. The van der Waals surface area contributed by atoms with Crippen LogP contribution in [-0.2, 0) is 33.8 Å². The second-order valence-corrected chi connectivity index (χ2v) is 16.0. The Balaban J connectivity index is 1.36. The van der Waals surface area contributed by atoms with E-state index in [-0.39, 0.29) is 0 Å². The van der Waals surface area contributed by atoms with Gasteiger partial charge in [0.2, 0.25) is 7.49 Å². The summed E-state index contributed by atoms with van der Waals surface area (Å²) in [7, 11) is -2.75. The Morgan fingerprint density at radius 1 is 0.471 bits per heavy atom. The Morgan fingerprint density at radius 3 is 1.27 bits per heavy atom. The van der Waals surface area contributed by atoms with Gasteiger partial charge in [0.15, 0.2) is 0 Å². The maximum absolute atomic E-state index is 12.1. The van der Waals surface area contributed by atoms with Crippen LogP contribution in [0.25, 0.3) is 0 Å². The van der Waals surface area contributed by atoms with Crippen LogP contribution in [0.3, 0.4) is 0 Å². The first-order valence-corrected chi connectivity index (χ1v) is 19.4. The third-order valence-corrected chi connectivity index (χ3v) is 13.1. The lowest BCUT2D eigenvalue weighted by Crippen LogP contribution is -2.50. The van der Waals surface area contributed by atoms with Crippen LogP contribution in [0.4, 0.5) is 0 Å². The smallest absolute Gasteiger partial charge is 0.242 e. The molecule has 51 heavy (non-hydrogen) atoms. The Bertz CT molecular complexity index is 1790. The number of rotatable bonds is 13. The van der Waals surface area contributed by atoms with Gasteiger partial charge in [0, 0.05) is 19.6 Å². The number of ether oxygens (including phenoxy) is 2. The van der Waals surface area contributed by atoms with Crippen LogP contribution in [0.5, 0.6) is 0 Å². The van der Waals surface area contributed by atoms with Crippen molar-refractivity contribution in [2.24, 2.45) is 0 Å². The number of hydrogen-bond acceptors (Lipinski definition) is 5. The molecule has 1 aliphatic rings. The first-order chi connectivity index (χ1) is 25.2. The van der Waals surface area contributed by atoms with Crippen molar-refractivity contribution in [2.75, 3.05) is 13.1 Å². The van der Waals surface area contributed by atoms with Crippen molar-refractivity contribution in [3.8, 4) is 0 Å². The summed E-state index contributed by atoms with van der Waals surface area (Å²) in [6.45, 7) is 2.30. The zero-order chi connectivity index (χ0) is 34.7. The van der Waals surface area contributed by atoms with Crippen LogP contribution in [0, 0.1) is 0 Å². The van der Waals surface area contributed by atoms with Gasteiger partial charge in [0.1, 0.15) is 34.2 Å². The van der Waals surface area contributed by atoms with Gasteiger partial charge in [-0.2, -0.15) is 0 Å². The molecule has 4 atom stereocenters. The van der Waals surface area contributed by atoms with E-state index in [1.54, 1.807) is 0 Å². The summed E-state index contributed by atoms with van der Waals surface area (Å²) in [6.07, 6.45) is -2.57. The normalized spacial score (nSPS) is 19.7. The predicted octanol–water partition coefficient (Wildman–Crippen LogP) is 7.33. The fourth-order valence-electron chi connectivity index (χ4n) is 6.98. The van der Waals surface area contributed by atoms with Gasteiger partial charge in [0.25, 0.3) is 0 Å². The van der Waals surface area contributed by atoms with Crippen molar-refractivity contribution in [3.05, 3.63) is 199 Å². The van der Waals surface area contributed by atoms with Gasteiger partial charge in [0.05, 0.1) is 19.3 Å². The third kappa shape index (κ3) is 8.54. The van der Waals surface area contributed by atoms with Gasteiger partial charge in [-0.05, 0) is 53.1 Å². The highest BCUT2D eigenvalue weighted by Gasteiger charge is 2.54. The van der Waals surface area contributed by atoms with Gasteiger partial charge < -0.3 is 14.6 Å². The molecule has 6 aromatic rings. The molecule has 6 aromatic carbocycles. The number of β-amino-alcohol motifs (C(OH)–C–C–N with tert-alkyl or cyclic N) is 1. The summed E-state index contributed by atoms with van der Waals surface area (Å²) in [5.41, 5.74) is 3.26. The Kier molecular flexibility index (Phi) is 11.8. The number of hydrogen-bond donors (Lipinski definition) is 1. The summed E-state index contributed by atoms with van der Waals surface area (Å²) >= 11 is 0. The van der Waals surface area contributed by atoms with Crippen molar-refractivity contribution in [1.29, 1.82) is 0 Å². The molecule has 1 saturated heterocycles. The summed E-state index contributed by atoms with van der Waals surface area (Å²) in [4.78, 5) is 2.30. The fourth-order valence-corrected chi connectivity index (χ4v) is 10.6. The zero-order valence-corrected chi connectivity index (χ0v) is 29.6. The minimum atomic E-state index is -2.75. The molecular formula is C45H45NO4P+. The standard InChI is InChI=1S/C45H45NO4P/c47-42-32-46(31-36-19-7-1-8-20-36)33-43(45(49-35-38-23-11-3-12-24-38)44(42)48-34-37-21-9-2-10-22-37)50-51(39-25-13-4-14-26-39,40-27-15-5-16-28-40)41-29-17-6-18-30-41/h1-30,42-45,47H,31-35H2/q+1/t42-,43-,44-,45-/m1/s1. The summed E-state index contributed by atoms with van der Waals surface area (Å²) < 4.78 is 21.6. The molecule has 0 aliphatic carbocycles. The van der Waals surface area contributed by atoms with Gasteiger partial charge in [-0.1, -0.05) is 146 Å². The van der Waals surface area contributed by atoms with Gasteiger partial charge in [-0.25, -0.2) is 4.52 Å². The average Bonchev–Trinajstić information content (AvgIpc) is 3.31. The molecule has 1 heterocycles. The zero-order valence-electron chi connectivity index (χ0n) is 28.7. The van der Waals surface area contributed by atoms with Crippen LogP contribution in [0.2, 0.25) is 0 Å². The molecule has 1 N–H and O–H groups in total. The average molecular weight is 695 g/mol. The maximum Gasteiger partial charge on any atom is 0.242 e. The third-order valence-electron chi connectivity index (χ3n) is 9.43. The molecule has 0 radical (unpaired) electrons. The monoisotopic (exact) mass is 694 g/mol. The lowest BCUT2D eigenvalue weighted by Gasteiger charge is -2.36. The van der Waals surface area contributed by atoms with Crippen LogP contribution in [0.15, 0.2) is 182 Å². The molecular weight excluding hydrogens is 649 g/mol. The molecule has 258 valence electrons. The first kappa shape index (κ1) is 35.0. The summed E-state index contributed by atoms with van der Waals surface area (Å²) in [5, 5.41) is 15.5. The van der Waals surface area contributed by atoms with Gasteiger partial charge in [-0.3, -0.25) is 4.90 Å². The largest absolute Gasteiger partial charge is 0.389 e. The molecule has 0 unspecified atom stereocenters. The van der Waals surface area contributed by atoms with E-state index in [0.717, 1.165) is 27.0 Å². The van der Waals surface area contributed by atoms with Crippen molar-refractivity contribution in [1.82, 2.24) is 4.90 Å². The molecule has 0 spiro atoms. The molecule has 1 aliphatic heterocycles. The Morgan fingerprint density at radius 2 is 0.843 bits per heavy atom. The number of aliphatic hydroxyl groups is 1. The molecule has 0 saturated carbocycles. The maximum atomic E-state index is 12.1. The summed E-state index contributed by atoms with van der Waals surface area (Å²) in [6, 6.07) is 62.6. The van der Waals surface area contributed by atoms with Crippen LogP contribution in [0.1, 0.15) is 16.7 Å². The first-order valence-electron chi connectivity index (χ1n) is 17.7. The van der Waals surface area contributed by atoms with E-state index in [2.05, 4.69) is 144 Å². The van der Waals surface area contributed by atoms with Crippen molar-refractivity contribution in [3.63, 3.8) is 0 Å². The molecule has 7 rings (SSSR count). The van der Waals surface area contributed by atoms with Gasteiger partial charge in [-0.15, -0.1) is 0 Å². The highest BCUT2D eigenvalue weighted by atomic mass is 31.2. The molecule has 6 heteroatoms. The van der Waals surface area contributed by atoms with E-state index in [1.807, 2.05) is 42.5 Å². The van der Waals surface area contributed by atoms with Crippen LogP contribution >= 0.6 is 7.49 Å². The molecule has 0 aromatic heterocycles. The molecule has 5 nitrogen and oxygen atoms in total. The number of aliphatic hydroxyl groups excluding tert-OH is 1. The van der Waals surface area contributed by atoms with E-state index in [1.165, 1.54) is 5.56 Å². The fraction of sp³-hybridized carbons (Fsp3) is 0.200. The van der Waals surface area contributed by atoms with E-state index < -0.39 is 31.9 Å².